The molecular weight excluding hydrogens is 420 g/mol. The fraction of sp³-hybridized carbons (Fsp3) is 0.318. The Morgan fingerprint density at radius 1 is 1.00 bits per heavy atom. The van der Waals surface area contributed by atoms with Gasteiger partial charge in [0.25, 0.3) is 5.91 Å². The molecule has 9 heteroatoms. The number of amides is 3. The number of imide groups is 1. The predicted molar refractivity (Wildman–Crippen MR) is 114 cm³/mol. The molecule has 1 fully saturated rings. The lowest BCUT2D eigenvalue weighted by Gasteiger charge is -2.22. The number of hydrogen-bond donors (Lipinski definition) is 1. The first-order valence-electron chi connectivity index (χ1n) is 9.66. The van der Waals surface area contributed by atoms with Gasteiger partial charge in [0, 0.05) is 13.6 Å². The van der Waals surface area contributed by atoms with Gasteiger partial charge in [-0.1, -0.05) is 42.5 Å². The third-order valence-corrected chi connectivity index (χ3v) is 7.45. The molecule has 31 heavy (non-hydrogen) atoms. The summed E-state index contributed by atoms with van der Waals surface area (Å²) in [6.07, 6.45) is 0. The quantitative estimate of drug-likeness (QED) is 0.657. The first kappa shape index (κ1) is 22.5. The van der Waals surface area contributed by atoms with Crippen LogP contribution in [0, 0.1) is 5.92 Å². The number of carboxylic acid groups (broad SMARTS) is 1. The third-order valence-electron chi connectivity index (χ3n) is 5.62. The first-order chi connectivity index (χ1) is 14.4. The zero-order chi connectivity index (χ0) is 23.0. The summed E-state index contributed by atoms with van der Waals surface area (Å²) in [5, 5.41) is 9.58. The maximum Gasteiger partial charge on any atom is 0.327 e. The van der Waals surface area contributed by atoms with E-state index in [1.807, 2.05) is 30.3 Å². The molecule has 1 aliphatic rings. The lowest BCUT2D eigenvalue weighted by Crippen LogP contribution is -2.43. The van der Waals surface area contributed by atoms with Crippen LogP contribution in [0.1, 0.15) is 13.8 Å². The van der Waals surface area contributed by atoms with Crippen LogP contribution in [0.5, 0.6) is 0 Å². The van der Waals surface area contributed by atoms with Crippen molar-refractivity contribution in [1.29, 1.82) is 0 Å². The number of carboxylic acids is 1. The zero-order valence-electron chi connectivity index (χ0n) is 17.5. The fourth-order valence-corrected chi connectivity index (χ4v) is 4.93. The van der Waals surface area contributed by atoms with Crippen LogP contribution in [0.25, 0.3) is 11.1 Å². The molecular formula is C22H24N2O6S. The summed E-state index contributed by atoms with van der Waals surface area (Å²) in [4.78, 5) is 38.7. The Balaban J connectivity index is 1.80. The van der Waals surface area contributed by atoms with Crippen molar-refractivity contribution < 1.29 is 27.9 Å². The van der Waals surface area contributed by atoms with Crippen LogP contribution in [0.3, 0.4) is 0 Å². The second-order valence-corrected chi connectivity index (χ2v) is 10.1. The number of aliphatic carboxylic acids is 1. The van der Waals surface area contributed by atoms with Crippen molar-refractivity contribution in [2.24, 2.45) is 5.92 Å². The van der Waals surface area contributed by atoms with Crippen molar-refractivity contribution in [1.82, 2.24) is 9.80 Å². The first-order valence-corrected chi connectivity index (χ1v) is 11.3. The number of likely N-dealkylation sites (N-methyl/N-ethyl adjacent to an activating group) is 1. The van der Waals surface area contributed by atoms with Gasteiger partial charge in [-0.05, 0) is 37.1 Å². The molecule has 0 saturated carbocycles. The molecule has 0 bridgehead atoms. The van der Waals surface area contributed by atoms with E-state index in [4.69, 9.17) is 0 Å². The van der Waals surface area contributed by atoms with Crippen molar-refractivity contribution >= 4 is 27.7 Å². The van der Waals surface area contributed by atoms with Gasteiger partial charge < -0.3 is 10.0 Å². The topological polar surface area (TPSA) is 112 Å². The Bertz CT molecular complexity index is 1110. The number of hydrogen-bond acceptors (Lipinski definition) is 5. The predicted octanol–water partition coefficient (Wildman–Crippen LogP) is 2.50. The summed E-state index contributed by atoms with van der Waals surface area (Å²) in [6.45, 7) is 2.59. The van der Waals surface area contributed by atoms with Crippen LogP contribution < -0.4 is 0 Å². The normalized spacial score (nSPS) is 17.1. The SMILES string of the molecule is CN1C(=O)N(CC(CS(=O)(=O)c2ccc(-c3ccccc3)cc2)C(=O)O)C(=O)C1(C)C. The van der Waals surface area contributed by atoms with Crippen molar-refractivity contribution in [3.8, 4) is 11.1 Å². The molecule has 3 amide bonds. The van der Waals surface area contributed by atoms with Gasteiger partial charge in [-0.2, -0.15) is 0 Å². The maximum absolute atomic E-state index is 12.9. The van der Waals surface area contributed by atoms with E-state index in [2.05, 4.69) is 0 Å². The highest BCUT2D eigenvalue weighted by atomic mass is 32.2. The van der Waals surface area contributed by atoms with Gasteiger partial charge in [-0.25, -0.2) is 13.2 Å². The molecule has 0 radical (unpaired) electrons. The molecule has 164 valence electrons. The number of sulfone groups is 1. The van der Waals surface area contributed by atoms with E-state index in [9.17, 15) is 27.9 Å². The van der Waals surface area contributed by atoms with Crippen LogP contribution in [-0.4, -0.2) is 66.1 Å². The monoisotopic (exact) mass is 444 g/mol. The third kappa shape index (κ3) is 4.32. The van der Waals surface area contributed by atoms with E-state index in [1.54, 1.807) is 26.0 Å². The average molecular weight is 445 g/mol. The summed E-state index contributed by atoms with van der Waals surface area (Å²) in [7, 11) is -2.52. The highest BCUT2D eigenvalue weighted by Gasteiger charge is 2.50. The molecule has 1 atom stereocenters. The van der Waals surface area contributed by atoms with Gasteiger partial charge in [0.2, 0.25) is 0 Å². The summed E-state index contributed by atoms with van der Waals surface area (Å²) in [5.74, 6) is -4.13. The molecule has 0 aliphatic carbocycles. The van der Waals surface area contributed by atoms with Gasteiger partial charge in [0.1, 0.15) is 5.54 Å². The van der Waals surface area contributed by atoms with Crippen LogP contribution in [0.15, 0.2) is 59.5 Å². The maximum atomic E-state index is 12.9. The molecule has 1 saturated heterocycles. The van der Waals surface area contributed by atoms with E-state index in [0.717, 1.165) is 16.0 Å². The highest BCUT2D eigenvalue weighted by molar-refractivity contribution is 7.91. The Kier molecular flexibility index (Phi) is 5.91. The zero-order valence-corrected chi connectivity index (χ0v) is 18.3. The number of carbonyl (C=O) groups is 3. The summed E-state index contributed by atoms with van der Waals surface area (Å²) in [5.41, 5.74) is 0.632. The minimum atomic E-state index is -3.97. The van der Waals surface area contributed by atoms with Gasteiger partial charge in [-0.15, -0.1) is 0 Å². The summed E-state index contributed by atoms with van der Waals surface area (Å²) in [6, 6.07) is 14.9. The molecule has 8 nitrogen and oxygen atoms in total. The molecule has 1 aliphatic heterocycles. The standard InChI is InChI=1S/C22H24N2O6S/c1-22(2)20(27)24(21(28)23(22)3)13-17(19(25)26)14-31(29,30)18-11-9-16(10-12-18)15-7-5-4-6-8-15/h4-12,17H,13-14H2,1-3H3,(H,25,26). The van der Waals surface area contributed by atoms with Crippen LogP contribution >= 0.6 is 0 Å². The minimum Gasteiger partial charge on any atom is -0.481 e. The molecule has 2 aromatic rings. The van der Waals surface area contributed by atoms with Gasteiger partial charge in [0.05, 0.1) is 16.6 Å². The number of carbonyl (C=O) groups excluding carboxylic acids is 2. The summed E-state index contributed by atoms with van der Waals surface area (Å²) >= 11 is 0. The van der Waals surface area contributed by atoms with Crippen molar-refractivity contribution in [2.75, 3.05) is 19.3 Å². The molecule has 0 aromatic heterocycles. The van der Waals surface area contributed by atoms with Crippen molar-refractivity contribution in [3.05, 3.63) is 54.6 Å². The molecule has 0 spiro atoms. The van der Waals surface area contributed by atoms with Crippen molar-refractivity contribution in [2.45, 2.75) is 24.3 Å². The van der Waals surface area contributed by atoms with Crippen molar-refractivity contribution in [3.63, 3.8) is 0 Å². The lowest BCUT2D eigenvalue weighted by atomic mass is 10.0. The fourth-order valence-electron chi connectivity index (χ4n) is 3.41. The van der Waals surface area contributed by atoms with Gasteiger partial charge >= 0.3 is 12.0 Å². The second kappa shape index (κ2) is 8.14. The van der Waals surface area contributed by atoms with E-state index < -0.39 is 51.5 Å². The number of benzene rings is 2. The Morgan fingerprint density at radius 3 is 2.03 bits per heavy atom. The van der Waals surface area contributed by atoms with Crippen LogP contribution in [0.2, 0.25) is 0 Å². The average Bonchev–Trinajstić information content (AvgIpc) is 2.88. The molecule has 1 heterocycles. The highest BCUT2D eigenvalue weighted by Crippen LogP contribution is 2.28. The minimum absolute atomic E-state index is 0.0186. The Hall–Kier alpha value is -3.20. The number of rotatable bonds is 7. The van der Waals surface area contributed by atoms with E-state index in [1.165, 1.54) is 24.1 Å². The van der Waals surface area contributed by atoms with Gasteiger partial charge in [-0.3, -0.25) is 14.5 Å². The molecule has 1 N–H and O–H groups in total. The molecule has 2 aromatic carbocycles. The smallest absolute Gasteiger partial charge is 0.327 e. The number of urea groups is 1. The largest absolute Gasteiger partial charge is 0.481 e. The second-order valence-electron chi connectivity index (χ2n) is 8.02. The Morgan fingerprint density at radius 2 is 1.55 bits per heavy atom. The van der Waals surface area contributed by atoms with Crippen LogP contribution in [0.4, 0.5) is 4.79 Å². The van der Waals surface area contributed by atoms with E-state index >= 15 is 0 Å². The number of nitrogens with zero attached hydrogens (tertiary/aromatic N) is 2. The van der Waals surface area contributed by atoms with E-state index in [-0.39, 0.29) is 4.90 Å². The van der Waals surface area contributed by atoms with Gasteiger partial charge in [0.15, 0.2) is 9.84 Å². The molecule has 1 unspecified atom stereocenters. The summed E-state index contributed by atoms with van der Waals surface area (Å²) < 4.78 is 25.7. The van der Waals surface area contributed by atoms with E-state index in [0.29, 0.717) is 0 Å². The van der Waals surface area contributed by atoms with Crippen LogP contribution in [-0.2, 0) is 19.4 Å². The lowest BCUT2D eigenvalue weighted by molar-refractivity contribution is -0.142. The Labute approximate surface area is 181 Å². The molecule has 3 rings (SSSR count).